The first kappa shape index (κ1) is 34.9. The quantitative estimate of drug-likeness (QED) is 0.161. The molecule has 2 aromatic heterocycles. The van der Waals surface area contributed by atoms with Gasteiger partial charge in [0.1, 0.15) is 22.3 Å². The molecule has 3 heteroatoms. The van der Waals surface area contributed by atoms with Crippen molar-refractivity contribution in [3.8, 4) is 44.5 Å². The third-order valence-corrected chi connectivity index (χ3v) is 12.1. The summed E-state index contributed by atoms with van der Waals surface area (Å²) in [5, 5.41) is 7.05. The lowest BCUT2D eigenvalue weighted by molar-refractivity contribution is 0.668. The Morgan fingerprint density at radius 1 is 0.246 bits per heavy atom. The number of anilines is 3. The zero-order valence-electron chi connectivity index (χ0n) is 33.1. The van der Waals surface area contributed by atoms with Crippen LogP contribution in [0.25, 0.3) is 99.2 Å². The summed E-state index contributed by atoms with van der Waals surface area (Å²) in [6.45, 7) is 0. The van der Waals surface area contributed by atoms with E-state index in [0.717, 1.165) is 83.2 Å². The summed E-state index contributed by atoms with van der Waals surface area (Å²) in [5.74, 6) is 0. The van der Waals surface area contributed by atoms with Crippen molar-refractivity contribution in [2.24, 2.45) is 0 Å². The molecule has 0 fully saturated rings. The van der Waals surface area contributed by atoms with E-state index in [2.05, 4.69) is 205 Å². The Labute approximate surface area is 353 Å². The van der Waals surface area contributed by atoms with Crippen molar-refractivity contribution in [3.63, 3.8) is 0 Å². The SMILES string of the molecule is c1ccc2c(-c3ccc(-c4ccc(N(c5ccc(-c6cccc7oc8ccccc8c67)cc5)c5ccc(-c6cccc7oc8ccccc8c67)cc5)cc4)cc3)cccc2c1. The van der Waals surface area contributed by atoms with E-state index in [0.29, 0.717) is 0 Å². The van der Waals surface area contributed by atoms with Gasteiger partial charge in [0, 0.05) is 38.6 Å². The molecule has 286 valence electrons. The molecule has 12 rings (SSSR count). The zero-order chi connectivity index (χ0) is 40.3. The van der Waals surface area contributed by atoms with Gasteiger partial charge in [-0.05, 0) is 116 Å². The van der Waals surface area contributed by atoms with Gasteiger partial charge in [-0.15, -0.1) is 0 Å². The summed E-state index contributed by atoms with van der Waals surface area (Å²) in [4.78, 5) is 2.34. The summed E-state index contributed by atoms with van der Waals surface area (Å²) >= 11 is 0. The van der Waals surface area contributed by atoms with Crippen LogP contribution in [0.4, 0.5) is 17.1 Å². The summed E-state index contributed by atoms with van der Waals surface area (Å²) in [6.07, 6.45) is 0. The molecule has 61 heavy (non-hydrogen) atoms. The molecule has 0 bridgehead atoms. The van der Waals surface area contributed by atoms with E-state index in [4.69, 9.17) is 8.83 Å². The predicted octanol–water partition coefficient (Wildman–Crippen LogP) is 16.8. The largest absolute Gasteiger partial charge is 0.456 e. The van der Waals surface area contributed by atoms with Crippen LogP contribution in [0.2, 0.25) is 0 Å². The van der Waals surface area contributed by atoms with Crippen LogP contribution < -0.4 is 4.90 Å². The van der Waals surface area contributed by atoms with Crippen LogP contribution in [0.5, 0.6) is 0 Å². The van der Waals surface area contributed by atoms with E-state index < -0.39 is 0 Å². The molecule has 0 aliphatic carbocycles. The minimum absolute atomic E-state index is 0.895. The summed E-state index contributed by atoms with van der Waals surface area (Å²) in [7, 11) is 0. The monoisotopic (exact) mass is 779 g/mol. The Morgan fingerprint density at radius 2 is 0.590 bits per heavy atom. The lowest BCUT2D eigenvalue weighted by Gasteiger charge is -2.26. The topological polar surface area (TPSA) is 29.5 Å². The van der Waals surface area contributed by atoms with Gasteiger partial charge in [0.25, 0.3) is 0 Å². The fourth-order valence-corrected chi connectivity index (χ4v) is 9.18. The van der Waals surface area contributed by atoms with Gasteiger partial charge in [-0.2, -0.15) is 0 Å². The second kappa shape index (κ2) is 14.3. The molecular weight excluding hydrogens is 743 g/mol. The highest BCUT2D eigenvalue weighted by Gasteiger charge is 2.18. The second-order valence-electron chi connectivity index (χ2n) is 15.6. The summed E-state index contributed by atoms with van der Waals surface area (Å²) in [6, 6.07) is 79.9. The first-order valence-electron chi connectivity index (χ1n) is 20.7. The number of para-hydroxylation sites is 2. The van der Waals surface area contributed by atoms with Gasteiger partial charge in [0.05, 0.1) is 0 Å². The molecule has 3 nitrogen and oxygen atoms in total. The third-order valence-electron chi connectivity index (χ3n) is 12.1. The zero-order valence-corrected chi connectivity index (χ0v) is 33.1. The Kier molecular flexibility index (Phi) is 8.17. The first-order chi connectivity index (χ1) is 30.2. The van der Waals surface area contributed by atoms with Crippen LogP contribution in [-0.2, 0) is 0 Å². The average molecular weight is 780 g/mol. The number of rotatable bonds is 7. The molecule has 0 spiro atoms. The van der Waals surface area contributed by atoms with Crippen LogP contribution in [0.15, 0.2) is 233 Å². The van der Waals surface area contributed by atoms with Gasteiger partial charge in [-0.25, -0.2) is 0 Å². The Bertz CT molecular complexity index is 3400. The number of furan rings is 2. The lowest BCUT2D eigenvalue weighted by atomic mass is 9.96. The highest BCUT2D eigenvalue weighted by atomic mass is 16.3. The third kappa shape index (κ3) is 5.98. The van der Waals surface area contributed by atoms with Crippen molar-refractivity contribution in [2.45, 2.75) is 0 Å². The van der Waals surface area contributed by atoms with Crippen LogP contribution in [0.3, 0.4) is 0 Å². The second-order valence-corrected chi connectivity index (χ2v) is 15.6. The lowest BCUT2D eigenvalue weighted by Crippen LogP contribution is -2.09. The standard InChI is InChI=1S/C58H37NO2/c1-2-12-47-40(10-1)11-7-15-48(47)41-24-22-38(23-25-41)39-26-32-44(33-27-39)59(45-34-28-42(29-35-45)49-16-8-20-55-57(49)51-13-3-5-18-53(51)60-55)46-36-30-43(31-37-46)50-17-9-21-56-58(50)52-14-4-6-19-54(52)61-56/h1-37H. The van der Waals surface area contributed by atoms with Gasteiger partial charge in [-0.3, -0.25) is 0 Å². The van der Waals surface area contributed by atoms with E-state index in [1.165, 1.54) is 33.0 Å². The van der Waals surface area contributed by atoms with Crippen molar-refractivity contribution in [1.82, 2.24) is 0 Å². The molecule has 0 saturated heterocycles. The van der Waals surface area contributed by atoms with E-state index in [1.807, 2.05) is 24.3 Å². The van der Waals surface area contributed by atoms with Gasteiger partial charge >= 0.3 is 0 Å². The normalized spacial score (nSPS) is 11.6. The minimum atomic E-state index is 0.895. The van der Waals surface area contributed by atoms with Gasteiger partial charge in [0.15, 0.2) is 0 Å². The molecule has 2 heterocycles. The van der Waals surface area contributed by atoms with Gasteiger partial charge < -0.3 is 13.7 Å². The number of hydrogen-bond donors (Lipinski definition) is 0. The first-order valence-corrected chi connectivity index (χ1v) is 20.7. The molecule has 0 saturated carbocycles. The molecule has 10 aromatic carbocycles. The molecule has 0 atom stereocenters. The maximum absolute atomic E-state index is 6.24. The number of fused-ring (bicyclic) bond motifs is 7. The maximum atomic E-state index is 6.24. The Hall–Kier alpha value is -8.14. The smallest absolute Gasteiger partial charge is 0.136 e. The van der Waals surface area contributed by atoms with Gasteiger partial charge in [-0.1, -0.05) is 164 Å². The van der Waals surface area contributed by atoms with Crippen molar-refractivity contribution in [2.75, 3.05) is 4.90 Å². The number of benzene rings is 10. The summed E-state index contributed by atoms with van der Waals surface area (Å²) < 4.78 is 12.5. The van der Waals surface area contributed by atoms with Crippen LogP contribution in [0, 0.1) is 0 Å². The van der Waals surface area contributed by atoms with E-state index in [1.54, 1.807) is 0 Å². The maximum Gasteiger partial charge on any atom is 0.136 e. The molecule has 0 N–H and O–H groups in total. The Morgan fingerprint density at radius 3 is 1.11 bits per heavy atom. The van der Waals surface area contributed by atoms with Gasteiger partial charge in [0.2, 0.25) is 0 Å². The minimum Gasteiger partial charge on any atom is -0.456 e. The number of nitrogens with zero attached hydrogens (tertiary/aromatic N) is 1. The van der Waals surface area contributed by atoms with Crippen molar-refractivity contribution >= 4 is 71.7 Å². The van der Waals surface area contributed by atoms with Crippen LogP contribution in [0.1, 0.15) is 0 Å². The molecule has 0 aliphatic heterocycles. The molecule has 12 aromatic rings. The highest BCUT2D eigenvalue weighted by Crippen LogP contribution is 2.42. The molecule has 0 amide bonds. The van der Waals surface area contributed by atoms with E-state index >= 15 is 0 Å². The van der Waals surface area contributed by atoms with Crippen LogP contribution in [-0.4, -0.2) is 0 Å². The van der Waals surface area contributed by atoms with Crippen molar-refractivity contribution < 1.29 is 8.83 Å². The fraction of sp³-hybridized carbons (Fsp3) is 0. The fourth-order valence-electron chi connectivity index (χ4n) is 9.18. The molecule has 0 aliphatic rings. The predicted molar refractivity (Wildman–Crippen MR) is 255 cm³/mol. The molecule has 0 radical (unpaired) electrons. The highest BCUT2D eigenvalue weighted by molar-refractivity contribution is 6.13. The Balaban J connectivity index is 0.922. The number of hydrogen-bond acceptors (Lipinski definition) is 3. The average Bonchev–Trinajstić information content (AvgIpc) is 3.91. The van der Waals surface area contributed by atoms with Crippen LogP contribution >= 0.6 is 0 Å². The van der Waals surface area contributed by atoms with E-state index in [-0.39, 0.29) is 0 Å². The molecular formula is C58H37NO2. The van der Waals surface area contributed by atoms with E-state index in [9.17, 15) is 0 Å². The molecule has 0 unspecified atom stereocenters. The van der Waals surface area contributed by atoms with Crippen molar-refractivity contribution in [1.29, 1.82) is 0 Å². The summed E-state index contributed by atoms with van der Waals surface area (Å²) in [5.41, 5.74) is 16.2. The van der Waals surface area contributed by atoms with Crippen molar-refractivity contribution in [3.05, 3.63) is 224 Å².